The van der Waals surface area contributed by atoms with Crippen molar-refractivity contribution in [2.24, 2.45) is 0 Å². The van der Waals surface area contributed by atoms with Crippen LogP contribution in [0.1, 0.15) is 18.9 Å². The van der Waals surface area contributed by atoms with Crippen LogP contribution in [0.5, 0.6) is 0 Å². The second-order valence-electron chi connectivity index (χ2n) is 7.06. The molecule has 32 heavy (non-hydrogen) atoms. The summed E-state index contributed by atoms with van der Waals surface area (Å²) in [7, 11) is 0. The summed E-state index contributed by atoms with van der Waals surface area (Å²) in [5.74, 6) is -0.112. The summed E-state index contributed by atoms with van der Waals surface area (Å²) in [5, 5.41) is 46.5. The van der Waals surface area contributed by atoms with E-state index in [2.05, 4.69) is 15.0 Å². The third-order valence-electron chi connectivity index (χ3n) is 4.97. The Labute approximate surface area is 180 Å². The Morgan fingerprint density at radius 2 is 1.72 bits per heavy atom. The Morgan fingerprint density at radius 1 is 1.00 bits per heavy atom. The smallest absolute Gasteiger partial charge is 0.354 e. The maximum absolute atomic E-state index is 11.4. The predicted octanol–water partition coefficient (Wildman–Crippen LogP) is -4.28. The number of hydrogen-bond donors (Lipinski definition) is 6. The molecule has 7 N–H and O–H groups in total. The van der Waals surface area contributed by atoms with Crippen LogP contribution >= 0.6 is 0 Å². The van der Waals surface area contributed by atoms with Crippen LogP contribution < -0.4 is 17.1 Å². The summed E-state index contributed by atoms with van der Waals surface area (Å²) in [6.07, 6.45) is -2.42. The first kappa shape index (κ1) is 23.9. The van der Waals surface area contributed by atoms with Gasteiger partial charge in [0.25, 0.3) is 0 Å². The standard InChI is InChI=1S/C9H12N2O5.C8H12N4O4/c12-4-5-6(13)7(14)8(16-5)11-3-1-2-10-9(11)15;9-7-10-3-12(8(15)11-7)6-1-4(14)5(2-13)16-6/h1-3,5-8,12-14H,4H2;3-6,13-14H,1-2H2,(H2,9,11,15)/t5-,6-,7-,8-;4-,5+,6+/m10/s1. The molecular formula is C17H24N6O9. The molecule has 0 amide bonds. The first-order chi connectivity index (χ1) is 15.3. The van der Waals surface area contributed by atoms with Crippen LogP contribution in [0.25, 0.3) is 0 Å². The van der Waals surface area contributed by atoms with E-state index in [0.717, 1.165) is 9.13 Å². The number of anilines is 1. The molecule has 2 aromatic heterocycles. The van der Waals surface area contributed by atoms with Crippen LogP contribution in [-0.4, -0.2) is 93.4 Å². The fourth-order valence-corrected chi connectivity index (χ4v) is 3.28. The number of nitrogens with zero attached hydrogens (tertiary/aromatic N) is 5. The summed E-state index contributed by atoms with van der Waals surface area (Å²) >= 11 is 0. The van der Waals surface area contributed by atoms with Crippen molar-refractivity contribution in [1.29, 1.82) is 0 Å². The second kappa shape index (κ2) is 10.2. The Balaban J connectivity index is 0.000000181. The van der Waals surface area contributed by atoms with Crippen LogP contribution in [0.2, 0.25) is 0 Å². The van der Waals surface area contributed by atoms with Crippen molar-refractivity contribution in [3.63, 3.8) is 0 Å². The van der Waals surface area contributed by atoms with E-state index >= 15 is 0 Å². The molecule has 0 unspecified atom stereocenters. The molecule has 0 spiro atoms. The number of hydrogen-bond acceptors (Lipinski definition) is 13. The Kier molecular flexibility index (Phi) is 7.62. The summed E-state index contributed by atoms with van der Waals surface area (Å²) in [6, 6.07) is 1.51. The first-order valence-corrected chi connectivity index (χ1v) is 9.57. The van der Waals surface area contributed by atoms with Gasteiger partial charge in [0.1, 0.15) is 37.0 Å². The summed E-state index contributed by atoms with van der Waals surface area (Å²) in [6.45, 7) is -0.730. The molecule has 0 saturated carbocycles. The van der Waals surface area contributed by atoms with Crippen molar-refractivity contribution in [2.75, 3.05) is 18.9 Å². The molecular weight excluding hydrogens is 432 g/mol. The fourth-order valence-electron chi connectivity index (χ4n) is 3.28. The summed E-state index contributed by atoms with van der Waals surface area (Å²) < 4.78 is 12.7. The Morgan fingerprint density at radius 3 is 2.28 bits per heavy atom. The summed E-state index contributed by atoms with van der Waals surface area (Å²) in [5.41, 5.74) is 4.06. The van der Waals surface area contributed by atoms with Crippen molar-refractivity contribution in [2.45, 2.75) is 49.4 Å². The first-order valence-electron chi connectivity index (χ1n) is 9.57. The lowest BCUT2D eigenvalue weighted by Crippen LogP contribution is -2.35. The largest absolute Gasteiger partial charge is 0.394 e. The van der Waals surface area contributed by atoms with Gasteiger partial charge in [-0.1, -0.05) is 0 Å². The molecule has 15 heteroatoms. The van der Waals surface area contributed by atoms with Gasteiger partial charge in [-0.25, -0.2) is 19.6 Å². The van der Waals surface area contributed by atoms with Gasteiger partial charge >= 0.3 is 11.4 Å². The molecule has 0 bridgehead atoms. The van der Waals surface area contributed by atoms with Gasteiger partial charge in [-0.3, -0.25) is 9.13 Å². The van der Waals surface area contributed by atoms with Crippen LogP contribution in [0.4, 0.5) is 5.95 Å². The zero-order valence-electron chi connectivity index (χ0n) is 16.7. The van der Waals surface area contributed by atoms with E-state index < -0.39 is 61.0 Å². The number of aliphatic hydroxyl groups is 5. The van der Waals surface area contributed by atoms with Crippen LogP contribution in [0, 0.1) is 0 Å². The minimum atomic E-state index is -1.26. The van der Waals surface area contributed by atoms with Gasteiger partial charge in [-0.05, 0) is 6.07 Å². The highest BCUT2D eigenvalue weighted by molar-refractivity contribution is 5.09. The third-order valence-corrected chi connectivity index (χ3v) is 4.97. The van der Waals surface area contributed by atoms with Gasteiger partial charge in [0.15, 0.2) is 6.23 Å². The zero-order valence-corrected chi connectivity index (χ0v) is 16.7. The Hall–Kier alpha value is -2.79. The van der Waals surface area contributed by atoms with Crippen LogP contribution in [0.3, 0.4) is 0 Å². The highest BCUT2D eigenvalue weighted by Crippen LogP contribution is 2.28. The number of ether oxygens (including phenoxy) is 2. The van der Waals surface area contributed by atoms with E-state index in [1.54, 1.807) is 0 Å². The molecule has 15 nitrogen and oxygen atoms in total. The number of aromatic nitrogens is 5. The molecule has 0 radical (unpaired) electrons. The zero-order chi connectivity index (χ0) is 23.4. The van der Waals surface area contributed by atoms with Gasteiger partial charge in [-0.15, -0.1) is 0 Å². The van der Waals surface area contributed by atoms with Gasteiger partial charge in [0.05, 0.1) is 19.3 Å². The fraction of sp³-hybridized carbons (Fsp3) is 0.588. The van der Waals surface area contributed by atoms with Gasteiger partial charge < -0.3 is 40.7 Å². The lowest BCUT2D eigenvalue weighted by atomic mass is 10.1. The maximum Gasteiger partial charge on any atom is 0.354 e. The maximum atomic E-state index is 11.4. The highest BCUT2D eigenvalue weighted by Gasteiger charge is 2.43. The molecule has 0 aromatic carbocycles. The van der Waals surface area contributed by atoms with E-state index in [1.807, 2.05) is 0 Å². The molecule has 2 saturated heterocycles. The molecule has 0 aliphatic carbocycles. The van der Waals surface area contributed by atoms with Crippen LogP contribution in [-0.2, 0) is 9.47 Å². The average Bonchev–Trinajstić information content (AvgIpc) is 3.28. The second-order valence-corrected chi connectivity index (χ2v) is 7.06. The normalized spacial score (nSPS) is 31.8. The predicted molar refractivity (Wildman–Crippen MR) is 104 cm³/mol. The molecule has 2 aliphatic heterocycles. The van der Waals surface area contributed by atoms with Crippen molar-refractivity contribution >= 4 is 5.95 Å². The van der Waals surface area contributed by atoms with E-state index in [4.69, 9.17) is 25.4 Å². The van der Waals surface area contributed by atoms with Crippen molar-refractivity contribution < 1.29 is 35.0 Å². The van der Waals surface area contributed by atoms with E-state index in [0.29, 0.717) is 0 Å². The highest BCUT2D eigenvalue weighted by atomic mass is 16.6. The van der Waals surface area contributed by atoms with Crippen molar-refractivity contribution in [3.8, 4) is 0 Å². The SMILES string of the molecule is Nc1ncn([C@H]2C[C@H](O)[C@@H](CO)O2)c(=O)n1.O=c1ncccn1[C@@H]1O[C@H](CO)[C@@H](O)[C@H]1O. The van der Waals surface area contributed by atoms with E-state index in [1.165, 1.54) is 24.8 Å². The number of aliphatic hydroxyl groups excluding tert-OH is 5. The molecule has 4 heterocycles. The van der Waals surface area contributed by atoms with Gasteiger partial charge in [0.2, 0.25) is 5.95 Å². The van der Waals surface area contributed by atoms with E-state index in [9.17, 15) is 24.9 Å². The number of nitrogens with two attached hydrogens (primary N) is 1. The topological polar surface area (TPSA) is 228 Å². The quantitative estimate of drug-likeness (QED) is 0.256. The number of rotatable bonds is 4. The van der Waals surface area contributed by atoms with Gasteiger partial charge in [0, 0.05) is 18.8 Å². The molecule has 2 fully saturated rings. The molecule has 2 aromatic rings. The molecule has 2 aliphatic rings. The van der Waals surface area contributed by atoms with Crippen molar-refractivity contribution in [3.05, 3.63) is 45.8 Å². The number of nitrogen functional groups attached to an aromatic ring is 1. The molecule has 176 valence electrons. The van der Waals surface area contributed by atoms with Gasteiger partial charge in [-0.2, -0.15) is 4.98 Å². The molecule has 4 rings (SSSR count). The lowest BCUT2D eigenvalue weighted by molar-refractivity contribution is -0.0549. The van der Waals surface area contributed by atoms with Crippen molar-refractivity contribution in [1.82, 2.24) is 24.1 Å². The Bertz CT molecular complexity index is 1020. The minimum Gasteiger partial charge on any atom is -0.394 e. The summed E-state index contributed by atoms with van der Waals surface area (Å²) in [4.78, 5) is 33.4. The van der Waals surface area contributed by atoms with E-state index in [-0.39, 0.29) is 19.0 Å². The minimum absolute atomic E-state index is 0.112. The van der Waals surface area contributed by atoms with Crippen LogP contribution in [0.15, 0.2) is 34.4 Å². The molecule has 7 atom stereocenters. The lowest BCUT2D eigenvalue weighted by Gasteiger charge is -2.16. The average molecular weight is 456 g/mol. The third kappa shape index (κ3) is 4.99. The monoisotopic (exact) mass is 456 g/mol.